The Morgan fingerprint density at radius 1 is 1.28 bits per heavy atom. The van der Waals surface area contributed by atoms with Crippen LogP contribution in [-0.2, 0) is 14.3 Å². The van der Waals surface area contributed by atoms with Crippen LogP contribution in [0.4, 0.5) is 4.39 Å². The van der Waals surface area contributed by atoms with Gasteiger partial charge in [0.05, 0.1) is 13.0 Å². The van der Waals surface area contributed by atoms with Gasteiger partial charge < -0.3 is 9.47 Å². The average Bonchev–Trinajstić information content (AvgIpc) is 2.34. The molecule has 0 aliphatic heterocycles. The van der Waals surface area contributed by atoms with Crippen molar-refractivity contribution in [3.8, 4) is 5.75 Å². The first-order valence-corrected chi connectivity index (χ1v) is 5.67. The summed E-state index contributed by atoms with van der Waals surface area (Å²) in [5, 5.41) is 0. The lowest BCUT2D eigenvalue weighted by atomic mass is 10.2. The van der Waals surface area contributed by atoms with Gasteiger partial charge in [0.25, 0.3) is 0 Å². The third-order valence-corrected chi connectivity index (χ3v) is 2.11. The van der Waals surface area contributed by atoms with Crippen LogP contribution in [0.1, 0.15) is 19.8 Å². The zero-order valence-electron chi connectivity index (χ0n) is 10.1. The van der Waals surface area contributed by atoms with Gasteiger partial charge in [-0.1, -0.05) is 6.07 Å². The number of esters is 1. The summed E-state index contributed by atoms with van der Waals surface area (Å²) in [6, 6.07) is 5.53. The van der Waals surface area contributed by atoms with Crippen LogP contribution in [-0.4, -0.2) is 25.0 Å². The van der Waals surface area contributed by atoms with Crippen LogP contribution in [0.15, 0.2) is 24.3 Å². The molecule has 0 radical (unpaired) electrons. The minimum atomic E-state index is -0.425. The molecule has 1 aromatic rings. The zero-order chi connectivity index (χ0) is 13.4. The fraction of sp³-hybridized carbons (Fsp3) is 0.385. The first-order chi connectivity index (χ1) is 8.61. The van der Waals surface area contributed by atoms with Crippen LogP contribution in [0.5, 0.6) is 5.75 Å². The van der Waals surface area contributed by atoms with E-state index >= 15 is 0 Å². The lowest BCUT2D eigenvalue weighted by Gasteiger charge is -2.05. The maximum atomic E-state index is 12.8. The lowest BCUT2D eigenvalue weighted by Crippen LogP contribution is -2.14. The van der Waals surface area contributed by atoms with Gasteiger partial charge in [-0.25, -0.2) is 4.39 Å². The van der Waals surface area contributed by atoms with Crippen molar-refractivity contribution in [2.24, 2.45) is 0 Å². The van der Waals surface area contributed by atoms with E-state index in [0.29, 0.717) is 12.4 Å². The van der Waals surface area contributed by atoms with Crippen molar-refractivity contribution in [3.63, 3.8) is 0 Å². The number of Topliss-reactive ketones (excluding diaryl/α,β-unsaturated/α-hetero) is 1. The molecule has 0 saturated carbocycles. The first-order valence-electron chi connectivity index (χ1n) is 5.67. The minimum Gasteiger partial charge on any atom is -0.486 e. The van der Waals surface area contributed by atoms with E-state index in [2.05, 4.69) is 4.74 Å². The number of carbonyl (C=O) groups is 2. The fourth-order valence-corrected chi connectivity index (χ4v) is 1.27. The second-order valence-corrected chi connectivity index (χ2v) is 3.59. The summed E-state index contributed by atoms with van der Waals surface area (Å²) in [7, 11) is 0. The molecule has 0 amide bonds. The van der Waals surface area contributed by atoms with Crippen molar-refractivity contribution in [1.82, 2.24) is 0 Å². The third kappa shape index (κ3) is 5.43. The van der Waals surface area contributed by atoms with E-state index in [9.17, 15) is 14.0 Å². The van der Waals surface area contributed by atoms with Crippen molar-refractivity contribution in [1.29, 1.82) is 0 Å². The van der Waals surface area contributed by atoms with E-state index in [1.165, 1.54) is 18.2 Å². The molecule has 0 heterocycles. The van der Waals surface area contributed by atoms with Crippen molar-refractivity contribution in [2.45, 2.75) is 19.8 Å². The zero-order valence-corrected chi connectivity index (χ0v) is 10.1. The van der Waals surface area contributed by atoms with E-state index in [1.54, 1.807) is 13.0 Å². The highest BCUT2D eigenvalue weighted by molar-refractivity contribution is 5.84. The van der Waals surface area contributed by atoms with Gasteiger partial charge in [-0.05, 0) is 19.1 Å². The van der Waals surface area contributed by atoms with Crippen molar-refractivity contribution in [2.75, 3.05) is 13.2 Å². The molecular weight excluding hydrogens is 239 g/mol. The summed E-state index contributed by atoms with van der Waals surface area (Å²) in [5.74, 6) is -0.769. The summed E-state index contributed by atoms with van der Waals surface area (Å²) in [6.45, 7) is 1.82. The molecular formula is C13H15FO4. The van der Waals surface area contributed by atoms with Gasteiger partial charge in [-0.3, -0.25) is 9.59 Å². The summed E-state index contributed by atoms with van der Waals surface area (Å²) >= 11 is 0. The number of ketones is 1. The number of rotatable bonds is 7. The van der Waals surface area contributed by atoms with Gasteiger partial charge in [-0.2, -0.15) is 0 Å². The summed E-state index contributed by atoms with van der Waals surface area (Å²) < 4.78 is 22.6. The number of benzene rings is 1. The SMILES string of the molecule is CCOC(=O)CCC(=O)COc1cccc(F)c1. The maximum absolute atomic E-state index is 12.8. The fourth-order valence-electron chi connectivity index (χ4n) is 1.27. The Balaban J connectivity index is 2.27. The van der Waals surface area contributed by atoms with Crippen LogP contribution >= 0.6 is 0 Å². The van der Waals surface area contributed by atoms with Crippen LogP contribution in [0.3, 0.4) is 0 Å². The predicted molar refractivity (Wildman–Crippen MR) is 62.8 cm³/mol. The van der Waals surface area contributed by atoms with Gasteiger partial charge in [0, 0.05) is 12.5 Å². The Labute approximate surface area is 105 Å². The van der Waals surface area contributed by atoms with Gasteiger partial charge in [0.2, 0.25) is 0 Å². The second-order valence-electron chi connectivity index (χ2n) is 3.59. The molecule has 0 aliphatic rings. The molecule has 0 saturated heterocycles. The van der Waals surface area contributed by atoms with Crippen molar-refractivity contribution in [3.05, 3.63) is 30.1 Å². The molecule has 0 aromatic heterocycles. The Morgan fingerprint density at radius 2 is 2.06 bits per heavy atom. The monoisotopic (exact) mass is 254 g/mol. The van der Waals surface area contributed by atoms with E-state index in [4.69, 9.17) is 4.74 Å². The molecule has 4 nitrogen and oxygen atoms in total. The average molecular weight is 254 g/mol. The molecule has 1 rings (SSSR count). The molecule has 0 fully saturated rings. The summed E-state index contributed by atoms with van der Waals surface area (Å²) in [5.41, 5.74) is 0. The van der Waals surface area contributed by atoms with Crippen LogP contribution < -0.4 is 4.74 Å². The molecule has 0 spiro atoms. The number of hydrogen-bond acceptors (Lipinski definition) is 4. The maximum Gasteiger partial charge on any atom is 0.306 e. The number of halogens is 1. The second kappa shape index (κ2) is 7.42. The highest BCUT2D eigenvalue weighted by Crippen LogP contribution is 2.11. The van der Waals surface area contributed by atoms with Crippen LogP contribution in [0, 0.1) is 5.82 Å². The van der Waals surface area contributed by atoms with Gasteiger partial charge in [0.1, 0.15) is 18.2 Å². The largest absolute Gasteiger partial charge is 0.486 e. The van der Waals surface area contributed by atoms with Gasteiger partial charge >= 0.3 is 5.97 Å². The summed E-state index contributed by atoms with van der Waals surface area (Å²) in [6.07, 6.45) is 0.104. The smallest absolute Gasteiger partial charge is 0.306 e. The molecule has 98 valence electrons. The Morgan fingerprint density at radius 3 is 2.72 bits per heavy atom. The molecule has 0 aliphatic carbocycles. The Bertz CT molecular complexity index is 417. The van der Waals surface area contributed by atoms with Crippen LogP contribution in [0.25, 0.3) is 0 Å². The van der Waals surface area contributed by atoms with E-state index in [0.717, 1.165) is 0 Å². The van der Waals surface area contributed by atoms with Crippen molar-refractivity contribution >= 4 is 11.8 Å². The van der Waals surface area contributed by atoms with Gasteiger partial charge in [-0.15, -0.1) is 0 Å². The molecule has 18 heavy (non-hydrogen) atoms. The highest BCUT2D eigenvalue weighted by atomic mass is 19.1. The number of carbonyl (C=O) groups excluding carboxylic acids is 2. The predicted octanol–water partition coefficient (Wildman–Crippen LogP) is 2.12. The Kier molecular flexibility index (Phi) is 5.84. The van der Waals surface area contributed by atoms with Crippen molar-refractivity contribution < 1.29 is 23.5 Å². The van der Waals surface area contributed by atoms with Gasteiger partial charge in [0.15, 0.2) is 5.78 Å². The Hall–Kier alpha value is -1.91. The molecule has 5 heteroatoms. The summed E-state index contributed by atoms with van der Waals surface area (Å²) in [4.78, 5) is 22.4. The first kappa shape index (κ1) is 14.2. The lowest BCUT2D eigenvalue weighted by molar-refractivity contribution is -0.144. The van der Waals surface area contributed by atoms with Crippen LogP contribution in [0.2, 0.25) is 0 Å². The molecule has 1 aromatic carbocycles. The molecule has 0 atom stereocenters. The quantitative estimate of drug-likeness (QED) is 0.699. The van der Waals surface area contributed by atoms with E-state index in [1.807, 2.05) is 0 Å². The minimum absolute atomic E-state index is 0.0409. The molecule has 0 bridgehead atoms. The number of ether oxygens (including phenoxy) is 2. The number of hydrogen-bond donors (Lipinski definition) is 0. The highest BCUT2D eigenvalue weighted by Gasteiger charge is 2.08. The third-order valence-electron chi connectivity index (χ3n) is 2.11. The molecule has 0 N–H and O–H groups in total. The molecule has 0 unspecified atom stereocenters. The normalized spacial score (nSPS) is 9.89. The topological polar surface area (TPSA) is 52.6 Å². The van der Waals surface area contributed by atoms with E-state index < -0.39 is 11.8 Å². The standard InChI is InChI=1S/C13H15FO4/c1-2-17-13(16)7-6-11(15)9-18-12-5-3-4-10(14)8-12/h3-5,8H,2,6-7,9H2,1H3. The van der Waals surface area contributed by atoms with E-state index in [-0.39, 0.29) is 25.2 Å².